The zero-order valence-corrected chi connectivity index (χ0v) is 11.7. The van der Waals surface area contributed by atoms with E-state index in [0.29, 0.717) is 17.1 Å². The predicted octanol–water partition coefficient (Wildman–Crippen LogP) is 2.57. The number of nitrogens with zero attached hydrogens (tertiary/aromatic N) is 2. The molecular weight excluding hydrogens is 284 g/mol. The van der Waals surface area contributed by atoms with E-state index in [0.717, 1.165) is 4.70 Å². The van der Waals surface area contributed by atoms with Crippen LogP contribution in [0.2, 0.25) is 0 Å². The number of hydrogen-bond donors (Lipinski definition) is 0. The Labute approximate surface area is 113 Å². The van der Waals surface area contributed by atoms with E-state index in [2.05, 4.69) is 9.97 Å². The largest absolute Gasteiger partial charge is 0.449 e. The van der Waals surface area contributed by atoms with Gasteiger partial charge in [-0.2, -0.15) is 0 Å². The van der Waals surface area contributed by atoms with E-state index < -0.39 is 9.84 Å². The van der Waals surface area contributed by atoms with Crippen molar-refractivity contribution in [2.45, 2.75) is 17.0 Å². The zero-order chi connectivity index (χ0) is 13.5. The standard InChI is InChI=1S/C12H10N2O3S2/c1-8-13-9(6-17-8)7-19(15,16)12-14-10-4-2-3-5-11(10)18-12/h2-6H,7H2,1H3. The number of benzene rings is 1. The molecule has 0 fully saturated rings. The van der Waals surface area contributed by atoms with Gasteiger partial charge in [-0.1, -0.05) is 12.1 Å². The van der Waals surface area contributed by atoms with Crippen LogP contribution in [0.5, 0.6) is 0 Å². The maximum atomic E-state index is 12.2. The summed E-state index contributed by atoms with van der Waals surface area (Å²) >= 11 is 1.17. The second-order valence-corrected chi connectivity index (χ2v) is 7.26. The first-order valence-electron chi connectivity index (χ1n) is 5.54. The van der Waals surface area contributed by atoms with Crippen molar-refractivity contribution in [3.63, 3.8) is 0 Å². The first-order chi connectivity index (χ1) is 9.04. The van der Waals surface area contributed by atoms with Gasteiger partial charge in [0, 0.05) is 6.92 Å². The lowest BCUT2D eigenvalue weighted by molar-refractivity contribution is 0.520. The summed E-state index contributed by atoms with van der Waals surface area (Å²) in [5, 5.41) is 0. The van der Waals surface area contributed by atoms with Gasteiger partial charge in [-0.15, -0.1) is 11.3 Å². The smallest absolute Gasteiger partial charge is 0.211 e. The predicted molar refractivity (Wildman–Crippen MR) is 71.7 cm³/mol. The summed E-state index contributed by atoms with van der Waals surface area (Å²) < 4.78 is 30.5. The Hall–Kier alpha value is -1.73. The molecule has 3 rings (SSSR count). The third kappa shape index (κ3) is 2.39. The average Bonchev–Trinajstić information content (AvgIpc) is 2.95. The Morgan fingerprint density at radius 3 is 2.74 bits per heavy atom. The molecule has 0 N–H and O–H groups in total. The third-order valence-corrected chi connectivity index (χ3v) is 5.69. The van der Waals surface area contributed by atoms with Crippen molar-refractivity contribution in [2.24, 2.45) is 0 Å². The third-order valence-electron chi connectivity index (χ3n) is 2.54. The van der Waals surface area contributed by atoms with Gasteiger partial charge in [0.25, 0.3) is 0 Å². The van der Waals surface area contributed by atoms with Gasteiger partial charge in [0.05, 0.1) is 15.9 Å². The molecule has 0 aliphatic carbocycles. The van der Waals surface area contributed by atoms with Gasteiger partial charge in [-0.05, 0) is 12.1 Å². The number of thiazole rings is 1. The number of aromatic nitrogens is 2. The molecule has 0 atom stereocenters. The molecule has 2 heterocycles. The number of rotatable bonds is 3. The molecule has 0 spiro atoms. The number of aryl methyl sites for hydroxylation is 1. The van der Waals surface area contributed by atoms with Crippen LogP contribution in [0, 0.1) is 6.92 Å². The quantitative estimate of drug-likeness (QED) is 0.742. The highest BCUT2D eigenvalue weighted by Gasteiger charge is 2.21. The molecule has 0 amide bonds. The minimum absolute atomic E-state index is 0.120. The van der Waals surface area contributed by atoms with Gasteiger partial charge in [0.15, 0.2) is 5.89 Å². The Balaban J connectivity index is 1.99. The molecule has 98 valence electrons. The van der Waals surface area contributed by atoms with E-state index in [1.807, 2.05) is 18.2 Å². The SMILES string of the molecule is Cc1nc(CS(=O)(=O)c2nc3ccccc3s2)co1. The number of fused-ring (bicyclic) bond motifs is 1. The van der Waals surface area contributed by atoms with E-state index in [9.17, 15) is 8.42 Å². The molecule has 5 nitrogen and oxygen atoms in total. The maximum absolute atomic E-state index is 12.2. The van der Waals surface area contributed by atoms with Crippen LogP contribution in [0.15, 0.2) is 39.3 Å². The van der Waals surface area contributed by atoms with E-state index in [-0.39, 0.29) is 10.1 Å². The molecule has 0 saturated carbocycles. The summed E-state index contributed by atoms with van der Waals surface area (Å²) in [7, 11) is -3.48. The van der Waals surface area contributed by atoms with Crippen molar-refractivity contribution < 1.29 is 12.8 Å². The van der Waals surface area contributed by atoms with Gasteiger partial charge < -0.3 is 4.42 Å². The molecule has 0 bridgehead atoms. The normalized spacial score (nSPS) is 12.1. The van der Waals surface area contributed by atoms with Crippen LogP contribution in [0.4, 0.5) is 0 Å². The van der Waals surface area contributed by atoms with Crippen LogP contribution in [-0.4, -0.2) is 18.4 Å². The Morgan fingerprint density at radius 1 is 1.26 bits per heavy atom. The monoisotopic (exact) mass is 294 g/mol. The highest BCUT2D eigenvalue weighted by Crippen LogP contribution is 2.27. The van der Waals surface area contributed by atoms with Crippen molar-refractivity contribution in [1.29, 1.82) is 0 Å². The Bertz CT molecular complexity index is 800. The summed E-state index contributed by atoms with van der Waals surface area (Å²) in [5.41, 5.74) is 1.10. The van der Waals surface area contributed by atoms with Crippen molar-refractivity contribution in [3.8, 4) is 0 Å². The molecular formula is C12H10N2O3S2. The fourth-order valence-electron chi connectivity index (χ4n) is 1.72. The minimum atomic E-state index is -3.48. The van der Waals surface area contributed by atoms with Gasteiger partial charge in [-0.3, -0.25) is 0 Å². The zero-order valence-electron chi connectivity index (χ0n) is 10.0. The number of sulfone groups is 1. The number of hydrogen-bond acceptors (Lipinski definition) is 6. The lowest BCUT2D eigenvalue weighted by atomic mass is 10.3. The second kappa shape index (κ2) is 4.43. The summed E-state index contributed by atoms with van der Waals surface area (Å²) in [6.07, 6.45) is 1.36. The van der Waals surface area contributed by atoms with Crippen LogP contribution in [0.3, 0.4) is 0 Å². The number of oxazole rings is 1. The van der Waals surface area contributed by atoms with Crippen molar-refractivity contribution in [2.75, 3.05) is 0 Å². The molecule has 19 heavy (non-hydrogen) atoms. The highest BCUT2D eigenvalue weighted by molar-refractivity contribution is 7.92. The van der Waals surface area contributed by atoms with Gasteiger partial charge in [0.1, 0.15) is 12.0 Å². The van der Waals surface area contributed by atoms with Crippen molar-refractivity contribution in [1.82, 2.24) is 9.97 Å². The first kappa shape index (κ1) is 12.3. The van der Waals surface area contributed by atoms with Crippen molar-refractivity contribution in [3.05, 3.63) is 42.1 Å². The molecule has 0 aliphatic heterocycles. The van der Waals surface area contributed by atoms with Gasteiger partial charge >= 0.3 is 0 Å². The molecule has 0 aliphatic rings. The number of para-hydroxylation sites is 1. The molecule has 2 aromatic heterocycles. The lowest BCUT2D eigenvalue weighted by Crippen LogP contribution is -2.04. The first-order valence-corrected chi connectivity index (χ1v) is 8.01. The minimum Gasteiger partial charge on any atom is -0.449 e. The van der Waals surface area contributed by atoms with Crippen LogP contribution in [-0.2, 0) is 15.6 Å². The van der Waals surface area contributed by atoms with Gasteiger partial charge in [-0.25, -0.2) is 18.4 Å². The van der Waals surface area contributed by atoms with Gasteiger partial charge in [0.2, 0.25) is 14.2 Å². The van der Waals surface area contributed by atoms with E-state index in [4.69, 9.17) is 4.42 Å². The molecule has 3 aromatic rings. The fourth-order valence-corrected chi connectivity index (χ4v) is 4.25. The molecule has 7 heteroatoms. The van der Waals surface area contributed by atoms with Crippen molar-refractivity contribution >= 4 is 31.4 Å². The van der Waals surface area contributed by atoms with Crippen LogP contribution in [0.1, 0.15) is 11.6 Å². The molecule has 0 unspecified atom stereocenters. The van der Waals surface area contributed by atoms with E-state index in [1.165, 1.54) is 17.6 Å². The summed E-state index contributed by atoms with van der Waals surface area (Å²) in [6.45, 7) is 1.67. The Kier molecular flexibility index (Phi) is 2.87. The maximum Gasteiger partial charge on any atom is 0.211 e. The topological polar surface area (TPSA) is 73.1 Å². The molecule has 0 radical (unpaired) electrons. The fraction of sp³-hybridized carbons (Fsp3) is 0.167. The van der Waals surface area contributed by atoms with E-state index >= 15 is 0 Å². The second-order valence-electron chi connectivity index (χ2n) is 4.06. The van der Waals surface area contributed by atoms with E-state index in [1.54, 1.807) is 13.0 Å². The molecule has 1 aromatic carbocycles. The summed E-state index contributed by atoms with van der Waals surface area (Å²) in [5.74, 6) is 0.263. The lowest BCUT2D eigenvalue weighted by Gasteiger charge is -1.95. The highest BCUT2D eigenvalue weighted by atomic mass is 32.2. The molecule has 0 saturated heterocycles. The average molecular weight is 294 g/mol. The Morgan fingerprint density at radius 2 is 2.05 bits per heavy atom. The van der Waals surface area contributed by atoms with Crippen LogP contribution in [0.25, 0.3) is 10.2 Å². The summed E-state index contributed by atoms with van der Waals surface area (Å²) in [6, 6.07) is 7.34. The summed E-state index contributed by atoms with van der Waals surface area (Å²) in [4.78, 5) is 8.17. The van der Waals surface area contributed by atoms with Crippen LogP contribution < -0.4 is 0 Å². The van der Waals surface area contributed by atoms with Crippen LogP contribution >= 0.6 is 11.3 Å².